The average Bonchev–Trinajstić information content (AvgIpc) is 2.61. The zero-order valence-electron chi connectivity index (χ0n) is 12.9. The Balaban J connectivity index is 1.57. The van der Waals surface area contributed by atoms with Crippen LogP contribution in [0.25, 0.3) is 0 Å². The first kappa shape index (κ1) is 15.1. The molecule has 0 amide bonds. The molecule has 0 saturated carbocycles. The highest BCUT2D eigenvalue weighted by Crippen LogP contribution is 2.20. The first-order chi connectivity index (χ1) is 10.9. The molecule has 1 aliphatic rings. The lowest BCUT2D eigenvalue weighted by Gasteiger charge is -2.26. The number of aryl methyl sites for hydroxylation is 2. The molecule has 3 nitrogen and oxygen atoms in total. The Morgan fingerprint density at radius 2 is 1.59 bits per heavy atom. The molecule has 22 heavy (non-hydrogen) atoms. The largest absolute Gasteiger partial charge is 0.478 e. The van der Waals surface area contributed by atoms with Crippen LogP contribution in [0.4, 0.5) is 0 Å². The molecule has 0 aromatic heterocycles. The van der Waals surface area contributed by atoms with Gasteiger partial charge >= 0.3 is 0 Å². The minimum absolute atomic E-state index is 0.645. The van der Waals surface area contributed by atoms with Crippen molar-refractivity contribution in [3.05, 3.63) is 65.7 Å². The highest BCUT2D eigenvalue weighted by Gasteiger charge is 2.11. The molecular weight excluding hydrogens is 274 g/mol. The molecule has 3 heteroatoms. The summed E-state index contributed by atoms with van der Waals surface area (Å²) in [5.41, 5.74) is 2.64. The number of hydrogen-bond donors (Lipinski definition) is 0. The summed E-state index contributed by atoms with van der Waals surface area (Å²) in [5.74, 6) is 1.00. The van der Waals surface area contributed by atoms with Gasteiger partial charge in [0.2, 0.25) is 0 Å². The van der Waals surface area contributed by atoms with Gasteiger partial charge in [-0.25, -0.2) is 0 Å². The van der Waals surface area contributed by atoms with Crippen molar-refractivity contribution >= 4 is 0 Å². The maximum absolute atomic E-state index is 6.04. The molecule has 0 spiro atoms. The summed E-state index contributed by atoms with van der Waals surface area (Å²) >= 11 is 0. The van der Waals surface area contributed by atoms with Crippen LogP contribution in [0.15, 0.2) is 54.6 Å². The monoisotopic (exact) mass is 297 g/mol. The van der Waals surface area contributed by atoms with E-state index in [4.69, 9.17) is 9.47 Å². The predicted molar refractivity (Wildman–Crippen MR) is 88.2 cm³/mol. The minimum Gasteiger partial charge on any atom is -0.478 e. The van der Waals surface area contributed by atoms with E-state index in [-0.39, 0.29) is 0 Å². The van der Waals surface area contributed by atoms with Crippen LogP contribution >= 0.6 is 0 Å². The second-order valence-electron chi connectivity index (χ2n) is 5.60. The highest BCUT2D eigenvalue weighted by molar-refractivity contribution is 5.34. The molecule has 1 heterocycles. The van der Waals surface area contributed by atoms with Crippen molar-refractivity contribution in [2.24, 2.45) is 0 Å². The van der Waals surface area contributed by atoms with Crippen molar-refractivity contribution in [1.29, 1.82) is 0 Å². The normalized spacial score (nSPS) is 15.6. The number of morpholine rings is 1. The Morgan fingerprint density at radius 3 is 2.41 bits per heavy atom. The summed E-state index contributed by atoms with van der Waals surface area (Å²) in [6.07, 6.45) is 2.04. The summed E-state index contributed by atoms with van der Waals surface area (Å²) in [4.78, 5) is 2.29. The fourth-order valence-electron chi connectivity index (χ4n) is 2.67. The van der Waals surface area contributed by atoms with Crippen molar-refractivity contribution in [2.75, 3.05) is 33.0 Å². The van der Waals surface area contributed by atoms with Gasteiger partial charge in [-0.1, -0.05) is 48.5 Å². The quantitative estimate of drug-likeness (QED) is 0.817. The number of hydrogen-bond acceptors (Lipinski definition) is 3. The lowest BCUT2D eigenvalue weighted by atomic mass is 10.0. The minimum atomic E-state index is 0.645. The molecule has 2 aromatic rings. The molecule has 1 aliphatic heterocycles. The van der Waals surface area contributed by atoms with E-state index < -0.39 is 0 Å². The average molecular weight is 297 g/mol. The van der Waals surface area contributed by atoms with Crippen molar-refractivity contribution in [2.45, 2.75) is 12.8 Å². The van der Waals surface area contributed by atoms with Crippen LogP contribution in [0, 0.1) is 0 Å². The van der Waals surface area contributed by atoms with Crippen molar-refractivity contribution in [3.63, 3.8) is 0 Å². The van der Waals surface area contributed by atoms with E-state index in [0.29, 0.717) is 6.73 Å². The van der Waals surface area contributed by atoms with E-state index in [1.54, 1.807) is 0 Å². The Kier molecular flexibility index (Phi) is 5.46. The number of rotatable bonds is 6. The van der Waals surface area contributed by atoms with Gasteiger partial charge < -0.3 is 9.47 Å². The molecule has 0 unspecified atom stereocenters. The fraction of sp³-hybridized carbons (Fsp3) is 0.368. The number of benzene rings is 2. The van der Waals surface area contributed by atoms with Gasteiger partial charge in [0, 0.05) is 13.1 Å². The topological polar surface area (TPSA) is 21.7 Å². The summed E-state index contributed by atoms with van der Waals surface area (Å²) in [5, 5.41) is 0. The van der Waals surface area contributed by atoms with Gasteiger partial charge in [-0.05, 0) is 30.0 Å². The Bertz CT molecular complexity index is 565. The van der Waals surface area contributed by atoms with Gasteiger partial charge in [0.1, 0.15) is 12.5 Å². The fourth-order valence-corrected chi connectivity index (χ4v) is 2.67. The van der Waals surface area contributed by atoms with Gasteiger partial charge in [-0.3, -0.25) is 4.90 Å². The van der Waals surface area contributed by atoms with E-state index in [1.807, 2.05) is 6.07 Å². The van der Waals surface area contributed by atoms with Crippen molar-refractivity contribution in [3.8, 4) is 5.75 Å². The standard InChI is InChI=1S/C19H23NO2/c1-2-6-17(7-3-1)10-11-18-8-4-5-9-19(18)22-16-20-12-14-21-15-13-20/h1-9H,10-16H2. The van der Waals surface area contributed by atoms with Gasteiger partial charge in [-0.15, -0.1) is 0 Å². The molecular formula is C19H23NO2. The molecule has 1 saturated heterocycles. The van der Waals surface area contributed by atoms with Gasteiger partial charge in [0.05, 0.1) is 13.2 Å². The van der Waals surface area contributed by atoms with Crippen LogP contribution in [0.3, 0.4) is 0 Å². The number of nitrogens with zero attached hydrogens (tertiary/aromatic N) is 1. The zero-order chi connectivity index (χ0) is 15.0. The van der Waals surface area contributed by atoms with Crippen molar-refractivity contribution in [1.82, 2.24) is 4.90 Å². The zero-order valence-corrected chi connectivity index (χ0v) is 12.9. The summed E-state index contributed by atoms with van der Waals surface area (Å²) in [6, 6.07) is 19.0. The van der Waals surface area contributed by atoms with E-state index in [2.05, 4.69) is 53.4 Å². The Morgan fingerprint density at radius 1 is 0.864 bits per heavy atom. The maximum atomic E-state index is 6.04. The molecule has 0 bridgehead atoms. The van der Waals surface area contributed by atoms with Crippen LogP contribution in [-0.4, -0.2) is 37.9 Å². The first-order valence-corrected chi connectivity index (χ1v) is 7.96. The van der Waals surface area contributed by atoms with Gasteiger partial charge in [0.25, 0.3) is 0 Å². The lowest BCUT2D eigenvalue weighted by molar-refractivity contribution is 0.00387. The van der Waals surface area contributed by atoms with E-state index >= 15 is 0 Å². The number of para-hydroxylation sites is 1. The smallest absolute Gasteiger partial charge is 0.142 e. The molecule has 116 valence electrons. The maximum Gasteiger partial charge on any atom is 0.142 e. The van der Waals surface area contributed by atoms with Crippen LogP contribution in [0.2, 0.25) is 0 Å². The Hall–Kier alpha value is -1.84. The molecule has 0 radical (unpaired) electrons. The predicted octanol–water partition coefficient (Wildman–Crippen LogP) is 3.14. The molecule has 0 N–H and O–H groups in total. The summed E-state index contributed by atoms with van der Waals surface area (Å²) < 4.78 is 11.4. The highest BCUT2D eigenvalue weighted by atomic mass is 16.5. The third-order valence-corrected chi connectivity index (χ3v) is 4.00. The van der Waals surface area contributed by atoms with Crippen LogP contribution in [0.5, 0.6) is 5.75 Å². The van der Waals surface area contributed by atoms with Gasteiger partial charge in [0.15, 0.2) is 0 Å². The molecule has 2 aromatic carbocycles. The summed E-state index contributed by atoms with van der Waals surface area (Å²) in [6.45, 7) is 4.15. The molecule has 0 aliphatic carbocycles. The van der Waals surface area contributed by atoms with Crippen LogP contribution < -0.4 is 4.74 Å². The third-order valence-electron chi connectivity index (χ3n) is 4.00. The lowest BCUT2D eigenvalue weighted by Crippen LogP contribution is -2.38. The Labute approximate surface area is 132 Å². The van der Waals surface area contributed by atoms with E-state index in [0.717, 1.165) is 44.9 Å². The summed E-state index contributed by atoms with van der Waals surface area (Å²) in [7, 11) is 0. The number of ether oxygens (including phenoxy) is 2. The first-order valence-electron chi connectivity index (χ1n) is 7.96. The second-order valence-corrected chi connectivity index (χ2v) is 5.60. The SMILES string of the molecule is c1ccc(CCc2ccccc2OCN2CCOCC2)cc1. The second kappa shape index (κ2) is 7.97. The van der Waals surface area contributed by atoms with Crippen LogP contribution in [0.1, 0.15) is 11.1 Å². The van der Waals surface area contributed by atoms with E-state index in [1.165, 1.54) is 11.1 Å². The molecule has 0 atom stereocenters. The van der Waals surface area contributed by atoms with Crippen molar-refractivity contribution < 1.29 is 9.47 Å². The van der Waals surface area contributed by atoms with Gasteiger partial charge in [-0.2, -0.15) is 0 Å². The molecule has 3 rings (SSSR count). The third kappa shape index (κ3) is 4.33. The van der Waals surface area contributed by atoms with E-state index in [9.17, 15) is 0 Å². The molecule has 1 fully saturated rings. The van der Waals surface area contributed by atoms with Crippen LogP contribution in [-0.2, 0) is 17.6 Å².